The third kappa shape index (κ3) is 2.28. The number of hydrogen-bond acceptors (Lipinski definition) is 1. The third-order valence-corrected chi connectivity index (χ3v) is 3.40. The summed E-state index contributed by atoms with van der Waals surface area (Å²) in [6, 6.07) is 6.72. The molecule has 1 aliphatic carbocycles. The molecule has 0 amide bonds. The molecule has 80 valence electrons. The molecule has 1 unspecified atom stereocenters. The average molecular weight is 202 g/mol. The van der Waals surface area contributed by atoms with Crippen LogP contribution in [0.3, 0.4) is 0 Å². The first-order chi connectivity index (χ1) is 7.16. The largest absolute Gasteiger partial charge is 0.300 e. The molecule has 0 saturated carbocycles. The van der Waals surface area contributed by atoms with Crippen LogP contribution >= 0.6 is 0 Å². The third-order valence-electron chi connectivity index (χ3n) is 3.40. The van der Waals surface area contributed by atoms with E-state index in [1.165, 1.54) is 36.0 Å². The van der Waals surface area contributed by atoms with Crippen LogP contribution in [0.15, 0.2) is 18.2 Å². The van der Waals surface area contributed by atoms with E-state index < -0.39 is 0 Å². The van der Waals surface area contributed by atoms with Crippen molar-refractivity contribution in [2.45, 2.75) is 39.5 Å². The Morgan fingerprint density at radius 3 is 2.80 bits per heavy atom. The topological polar surface area (TPSA) is 17.1 Å². The fourth-order valence-electron chi connectivity index (χ4n) is 2.25. The van der Waals surface area contributed by atoms with E-state index in [9.17, 15) is 4.79 Å². The van der Waals surface area contributed by atoms with Crippen LogP contribution in [0, 0.1) is 5.92 Å². The lowest BCUT2D eigenvalue weighted by Crippen LogP contribution is -2.09. The second-order valence-electron chi connectivity index (χ2n) is 4.67. The van der Waals surface area contributed by atoms with Gasteiger partial charge in [-0.2, -0.15) is 0 Å². The number of fused-ring (bicyclic) bond motifs is 1. The molecule has 0 spiro atoms. The quantitative estimate of drug-likeness (QED) is 0.736. The highest BCUT2D eigenvalue weighted by Crippen LogP contribution is 2.23. The van der Waals surface area contributed by atoms with Crippen molar-refractivity contribution in [3.8, 4) is 0 Å². The predicted octanol–water partition coefficient (Wildman–Crippen LogP) is 2.94. The molecule has 1 atom stereocenters. The van der Waals surface area contributed by atoms with Crippen LogP contribution in [-0.2, 0) is 24.1 Å². The molecule has 0 saturated heterocycles. The van der Waals surface area contributed by atoms with Gasteiger partial charge in [0.15, 0.2) is 0 Å². The zero-order valence-corrected chi connectivity index (χ0v) is 9.55. The van der Waals surface area contributed by atoms with Crippen molar-refractivity contribution in [2.24, 2.45) is 5.92 Å². The van der Waals surface area contributed by atoms with Gasteiger partial charge < -0.3 is 0 Å². The lowest BCUT2D eigenvalue weighted by molar-refractivity contribution is -0.120. The molecule has 0 N–H and O–H groups in total. The van der Waals surface area contributed by atoms with Crippen molar-refractivity contribution in [3.05, 3.63) is 34.9 Å². The first-order valence-corrected chi connectivity index (χ1v) is 5.78. The second-order valence-corrected chi connectivity index (χ2v) is 4.67. The molecule has 1 aliphatic rings. The highest BCUT2D eigenvalue weighted by molar-refractivity contribution is 5.78. The van der Waals surface area contributed by atoms with Crippen LogP contribution in [0.4, 0.5) is 0 Å². The second kappa shape index (κ2) is 4.18. The van der Waals surface area contributed by atoms with E-state index in [2.05, 4.69) is 18.2 Å². The normalized spacial score (nSPS) is 16.1. The SMILES string of the molecule is CC(=O)C(C)Cc1ccc2c(c1)CCC2. The van der Waals surface area contributed by atoms with E-state index in [0.29, 0.717) is 0 Å². The molecule has 0 aromatic heterocycles. The molecular formula is C14H18O. The number of hydrogen-bond donors (Lipinski definition) is 0. The molecular weight excluding hydrogens is 184 g/mol. The van der Waals surface area contributed by atoms with Crippen molar-refractivity contribution in [3.63, 3.8) is 0 Å². The molecule has 0 radical (unpaired) electrons. The lowest BCUT2D eigenvalue weighted by atomic mass is 9.96. The number of Topliss-reactive ketones (excluding diaryl/α,β-unsaturated/α-hetero) is 1. The van der Waals surface area contributed by atoms with Crippen molar-refractivity contribution in [1.29, 1.82) is 0 Å². The minimum absolute atomic E-state index is 0.157. The van der Waals surface area contributed by atoms with Crippen molar-refractivity contribution in [2.75, 3.05) is 0 Å². The van der Waals surface area contributed by atoms with Crippen molar-refractivity contribution >= 4 is 5.78 Å². The van der Waals surface area contributed by atoms with E-state index in [0.717, 1.165) is 6.42 Å². The van der Waals surface area contributed by atoms with Gasteiger partial charge in [-0.1, -0.05) is 25.1 Å². The first-order valence-electron chi connectivity index (χ1n) is 5.78. The Morgan fingerprint density at radius 2 is 2.07 bits per heavy atom. The zero-order valence-electron chi connectivity index (χ0n) is 9.55. The summed E-state index contributed by atoms with van der Waals surface area (Å²) >= 11 is 0. The number of carbonyl (C=O) groups excluding carboxylic acids is 1. The summed E-state index contributed by atoms with van der Waals surface area (Å²) in [6.07, 6.45) is 4.64. The fourth-order valence-corrected chi connectivity index (χ4v) is 2.25. The van der Waals surface area contributed by atoms with Crippen LogP contribution in [0.2, 0.25) is 0 Å². The van der Waals surface area contributed by atoms with Gasteiger partial charge in [0.1, 0.15) is 5.78 Å². The van der Waals surface area contributed by atoms with Gasteiger partial charge in [0.2, 0.25) is 0 Å². The maximum atomic E-state index is 11.2. The molecule has 0 aliphatic heterocycles. The van der Waals surface area contributed by atoms with Crippen molar-refractivity contribution in [1.82, 2.24) is 0 Å². The highest BCUT2D eigenvalue weighted by atomic mass is 16.1. The minimum Gasteiger partial charge on any atom is -0.300 e. The molecule has 15 heavy (non-hydrogen) atoms. The van der Waals surface area contributed by atoms with Crippen LogP contribution in [0.1, 0.15) is 37.0 Å². The summed E-state index contributed by atoms with van der Waals surface area (Å²) in [5, 5.41) is 0. The van der Waals surface area contributed by atoms with Gasteiger partial charge >= 0.3 is 0 Å². The Kier molecular flexibility index (Phi) is 2.90. The van der Waals surface area contributed by atoms with E-state index in [4.69, 9.17) is 0 Å². The number of carbonyl (C=O) groups is 1. The Bertz CT molecular complexity index is 379. The molecule has 0 heterocycles. The van der Waals surface area contributed by atoms with E-state index in [1.54, 1.807) is 6.92 Å². The van der Waals surface area contributed by atoms with Gasteiger partial charge in [-0.25, -0.2) is 0 Å². The van der Waals surface area contributed by atoms with Gasteiger partial charge in [0, 0.05) is 5.92 Å². The summed E-state index contributed by atoms with van der Waals surface area (Å²) in [6.45, 7) is 3.69. The number of aryl methyl sites for hydroxylation is 2. The van der Waals surface area contributed by atoms with Crippen LogP contribution < -0.4 is 0 Å². The molecule has 2 rings (SSSR count). The molecule has 1 aromatic rings. The Hall–Kier alpha value is -1.11. The Labute approximate surface area is 91.5 Å². The maximum Gasteiger partial charge on any atom is 0.132 e. The number of rotatable bonds is 3. The summed E-state index contributed by atoms with van der Waals surface area (Å²) < 4.78 is 0. The van der Waals surface area contributed by atoms with E-state index in [1.807, 2.05) is 6.92 Å². The highest BCUT2D eigenvalue weighted by Gasteiger charge is 2.13. The number of ketones is 1. The van der Waals surface area contributed by atoms with Gasteiger partial charge in [-0.05, 0) is 49.3 Å². The van der Waals surface area contributed by atoms with E-state index in [-0.39, 0.29) is 11.7 Å². The van der Waals surface area contributed by atoms with Gasteiger partial charge in [-0.3, -0.25) is 4.79 Å². The average Bonchev–Trinajstić information content (AvgIpc) is 2.64. The molecule has 0 fully saturated rings. The summed E-state index contributed by atoms with van der Waals surface area (Å²) in [5.74, 6) is 0.444. The smallest absolute Gasteiger partial charge is 0.132 e. The fraction of sp³-hybridized carbons (Fsp3) is 0.500. The minimum atomic E-state index is 0.157. The first kappa shape index (κ1) is 10.4. The van der Waals surface area contributed by atoms with Crippen LogP contribution in [-0.4, -0.2) is 5.78 Å². The van der Waals surface area contributed by atoms with E-state index >= 15 is 0 Å². The van der Waals surface area contributed by atoms with Gasteiger partial charge in [-0.15, -0.1) is 0 Å². The molecule has 0 bridgehead atoms. The van der Waals surface area contributed by atoms with Crippen LogP contribution in [0.5, 0.6) is 0 Å². The number of benzene rings is 1. The lowest BCUT2D eigenvalue weighted by Gasteiger charge is -2.09. The molecule has 1 aromatic carbocycles. The summed E-state index contributed by atoms with van der Waals surface area (Å²) in [5.41, 5.74) is 4.33. The van der Waals surface area contributed by atoms with Crippen LogP contribution in [0.25, 0.3) is 0 Å². The Balaban J connectivity index is 2.13. The maximum absolute atomic E-state index is 11.2. The zero-order chi connectivity index (χ0) is 10.8. The van der Waals surface area contributed by atoms with Crippen molar-refractivity contribution < 1.29 is 4.79 Å². The standard InChI is InChI=1S/C14H18O/c1-10(11(2)15)8-12-6-7-13-4-3-5-14(13)9-12/h6-7,9-10H,3-5,8H2,1-2H3. The van der Waals surface area contributed by atoms with Gasteiger partial charge in [0.05, 0.1) is 0 Å². The molecule has 1 heteroatoms. The molecule has 1 nitrogen and oxygen atoms in total. The summed E-state index contributed by atoms with van der Waals surface area (Å²) in [4.78, 5) is 11.2. The Morgan fingerprint density at radius 1 is 1.33 bits per heavy atom. The summed E-state index contributed by atoms with van der Waals surface area (Å²) in [7, 11) is 0. The monoisotopic (exact) mass is 202 g/mol. The van der Waals surface area contributed by atoms with Gasteiger partial charge in [0.25, 0.3) is 0 Å². The predicted molar refractivity (Wildman–Crippen MR) is 62.0 cm³/mol.